The average molecular weight is 225 g/mol. The van der Waals surface area contributed by atoms with Crippen LogP contribution in [-0.4, -0.2) is 22.7 Å². The van der Waals surface area contributed by atoms with Gasteiger partial charge in [0, 0.05) is 29.9 Å². The highest BCUT2D eigenvalue weighted by atomic mass is 16.5. The van der Waals surface area contributed by atoms with Gasteiger partial charge in [0.2, 0.25) is 0 Å². The number of aliphatic hydroxyl groups is 1. The van der Waals surface area contributed by atoms with E-state index in [1.54, 1.807) is 6.92 Å². The average Bonchev–Trinajstić information content (AvgIpc) is 2.27. The first-order valence-corrected chi connectivity index (χ1v) is 5.15. The number of esters is 1. The van der Waals surface area contributed by atoms with Gasteiger partial charge in [-0.2, -0.15) is 0 Å². The molecule has 0 aromatic carbocycles. The summed E-state index contributed by atoms with van der Waals surface area (Å²) in [5.74, 6) is -0.338. The van der Waals surface area contributed by atoms with Gasteiger partial charge in [0.1, 0.15) is 0 Å². The molecule has 16 heavy (non-hydrogen) atoms. The molecule has 1 aromatic heterocycles. The van der Waals surface area contributed by atoms with Gasteiger partial charge in [-0.15, -0.1) is 0 Å². The zero-order valence-corrected chi connectivity index (χ0v) is 9.16. The van der Waals surface area contributed by atoms with E-state index in [4.69, 9.17) is 9.84 Å². The van der Waals surface area contributed by atoms with Crippen LogP contribution in [0.15, 0.2) is 17.1 Å². The van der Waals surface area contributed by atoms with Crippen molar-refractivity contribution in [3.8, 4) is 0 Å². The summed E-state index contributed by atoms with van der Waals surface area (Å²) in [6.07, 6.45) is 1.90. The highest BCUT2D eigenvalue weighted by Crippen LogP contribution is 2.04. The van der Waals surface area contributed by atoms with E-state index < -0.39 is 0 Å². The molecular formula is C11H15NO4. The minimum absolute atomic E-state index is 0.147. The summed E-state index contributed by atoms with van der Waals surface area (Å²) in [4.78, 5) is 25.4. The highest BCUT2D eigenvalue weighted by molar-refractivity contribution is 5.69. The zero-order valence-electron chi connectivity index (χ0n) is 9.16. The maximum Gasteiger partial charge on any atom is 0.306 e. The third kappa shape index (κ3) is 3.20. The van der Waals surface area contributed by atoms with Gasteiger partial charge in [-0.3, -0.25) is 9.59 Å². The Morgan fingerprint density at radius 1 is 1.56 bits per heavy atom. The largest absolute Gasteiger partial charge is 0.466 e. The molecule has 0 aliphatic rings. The van der Waals surface area contributed by atoms with Gasteiger partial charge in [-0.05, 0) is 13.3 Å². The molecule has 5 nitrogen and oxygen atoms in total. The predicted octanol–water partition coefficient (Wildman–Crippen LogP) is 0.363. The summed E-state index contributed by atoms with van der Waals surface area (Å²) >= 11 is 0. The van der Waals surface area contributed by atoms with Gasteiger partial charge >= 0.3 is 5.97 Å². The summed E-state index contributed by atoms with van der Waals surface area (Å²) in [6, 6.07) is 1.37. The molecule has 0 bridgehead atoms. The van der Waals surface area contributed by atoms with E-state index in [1.165, 1.54) is 12.3 Å². The number of aromatic amines is 1. The van der Waals surface area contributed by atoms with Gasteiger partial charge < -0.3 is 14.8 Å². The standard InChI is InChI=1S/C11H15NO4/c1-2-16-11(15)4-3-8-9(7-13)12-6-5-10(8)14/h5-6,13H,2-4,7H2,1H3,(H,12,14). The van der Waals surface area contributed by atoms with Crippen molar-refractivity contribution >= 4 is 5.97 Å². The number of ether oxygens (including phenoxy) is 1. The van der Waals surface area contributed by atoms with Crippen molar-refractivity contribution in [1.29, 1.82) is 0 Å². The molecule has 88 valence electrons. The number of hydrogen-bond donors (Lipinski definition) is 2. The summed E-state index contributed by atoms with van der Waals surface area (Å²) in [5, 5.41) is 9.03. The normalized spacial score (nSPS) is 10.1. The molecular weight excluding hydrogens is 210 g/mol. The van der Waals surface area contributed by atoms with Crippen LogP contribution in [0.4, 0.5) is 0 Å². The minimum Gasteiger partial charge on any atom is -0.466 e. The summed E-state index contributed by atoms with van der Waals surface area (Å²) in [6.45, 7) is 1.82. The van der Waals surface area contributed by atoms with Crippen molar-refractivity contribution in [2.24, 2.45) is 0 Å². The molecule has 0 unspecified atom stereocenters. The third-order valence-electron chi connectivity index (χ3n) is 2.20. The number of rotatable bonds is 5. The number of pyridine rings is 1. The predicted molar refractivity (Wildman–Crippen MR) is 57.9 cm³/mol. The summed E-state index contributed by atoms with van der Waals surface area (Å²) in [7, 11) is 0. The molecule has 2 N–H and O–H groups in total. The van der Waals surface area contributed by atoms with E-state index in [-0.39, 0.29) is 30.8 Å². The molecule has 0 saturated carbocycles. The molecule has 0 aliphatic heterocycles. The van der Waals surface area contributed by atoms with Crippen LogP contribution in [0, 0.1) is 0 Å². The Balaban J connectivity index is 2.73. The zero-order chi connectivity index (χ0) is 12.0. The van der Waals surface area contributed by atoms with Crippen molar-refractivity contribution in [2.45, 2.75) is 26.4 Å². The Bertz CT molecular complexity index is 411. The second-order valence-corrected chi connectivity index (χ2v) is 3.26. The lowest BCUT2D eigenvalue weighted by molar-refractivity contribution is -0.143. The summed E-state index contributed by atoms with van der Waals surface area (Å²) in [5.41, 5.74) is 0.724. The molecule has 0 aliphatic carbocycles. The van der Waals surface area contributed by atoms with Crippen molar-refractivity contribution in [3.63, 3.8) is 0 Å². The Hall–Kier alpha value is -1.62. The van der Waals surface area contributed by atoms with Gasteiger partial charge in [0.15, 0.2) is 5.43 Å². The van der Waals surface area contributed by atoms with Crippen LogP contribution in [0.25, 0.3) is 0 Å². The number of aromatic nitrogens is 1. The topological polar surface area (TPSA) is 79.4 Å². The number of aliphatic hydroxyl groups excluding tert-OH is 1. The Morgan fingerprint density at radius 2 is 2.31 bits per heavy atom. The second-order valence-electron chi connectivity index (χ2n) is 3.26. The SMILES string of the molecule is CCOC(=O)CCc1c(CO)[nH]ccc1=O. The number of carbonyl (C=O) groups is 1. The Labute approximate surface area is 93.1 Å². The molecule has 0 fully saturated rings. The Kier molecular flexibility index (Phi) is 4.72. The van der Waals surface area contributed by atoms with Crippen molar-refractivity contribution in [2.75, 3.05) is 6.61 Å². The van der Waals surface area contributed by atoms with Gasteiger partial charge in [0.05, 0.1) is 13.2 Å². The first-order valence-electron chi connectivity index (χ1n) is 5.15. The lowest BCUT2D eigenvalue weighted by atomic mass is 10.1. The molecule has 0 spiro atoms. The van der Waals surface area contributed by atoms with E-state index >= 15 is 0 Å². The van der Waals surface area contributed by atoms with Crippen molar-refractivity contribution in [1.82, 2.24) is 4.98 Å². The first kappa shape index (κ1) is 12.4. The monoisotopic (exact) mass is 225 g/mol. The van der Waals surface area contributed by atoms with E-state index in [9.17, 15) is 9.59 Å². The molecule has 0 amide bonds. The van der Waals surface area contributed by atoms with Crippen LogP contribution in [0.3, 0.4) is 0 Å². The van der Waals surface area contributed by atoms with Crippen LogP contribution >= 0.6 is 0 Å². The maximum atomic E-state index is 11.5. The highest BCUT2D eigenvalue weighted by Gasteiger charge is 2.09. The van der Waals surface area contributed by atoms with Crippen LogP contribution in [0.1, 0.15) is 24.6 Å². The maximum absolute atomic E-state index is 11.5. The summed E-state index contributed by atoms with van der Waals surface area (Å²) < 4.78 is 4.76. The molecule has 1 aromatic rings. The quantitative estimate of drug-likeness (QED) is 0.709. The van der Waals surface area contributed by atoms with Crippen molar-refractivity contribution in [3.05, 3.63) is 33.7 Å². The fraction of sp³-hybridized carbons (Fsp3) is 0.455. The number of nitrogens with one attached hydrogen (secondary N) is 1. The second kappa shape index (κ2) is 6.07. The minimum atomic E-state index is -0.338. The smallest absolute Gasteiger partial charge is 0.306 e. The van der Waals surface area contributed by atoms with E-state index in [0.717, 1.165) is 0 Å². The molecule has 0 atom stereocenters. The Morgan fingerprint density at radius 3 is 2.94 bits per heavy atom. The van der Waals surface area contributed by atoms with E-state index in [0.29, 0.717) is 17.9 Å². The van der Waals surface area contributed by atoms with Crippen LogP contribution in [-0.2, 0) is 22.6 Å². The molecule has 0 saturated heterocycles. The fourth-order valence-electron chi connectivity index (χ4n) is 1.43. The molecule has 0 radical (unpaired) electrons. The fourth-order valence-corrected chi connectivity index (χ4v) is 1.43. The lowest BCUT2D eigenvalue weighted by Gasteiger charge is -2.05. The molecule has 5 heteroatoms. The van der Waals surface area contributed by atoms with Crippen LogP contribution in [0.2, 0.25) is 0 Å². The van der Waals surface area contributed by atoms with Gasteiger partial charge in [0.25, 0.3) is 0 Å². The van der Waals surface area contributed by atoms with Gasteiger partial charge in [-0.25, -0.2) is 0 Å². The number of carbonyl (C=O) groups excluding carboxylic acids is 1. The lowest BCUT2D eigenvalue weighted by Crippen LogP contribution is -2.15. The van der Waals surface area contributed by atoms with E-state index in [1.807, 2.05) is 0 Å². The van der Waals surface area contributed by atoms with E-state index in [2.05, 4.69) is 4.98 Å². The van der Waals surface area contributed by atoms with Gasteiger partial charge in [-0.1, -0.05) is 0 Å². The first-order chi connectivity index (χ1) is 7.69. The molecule has 1 rings (SSSR count). The number of H-pyrrole nitrogens is 1. The molecule has 1 heterocycles. The van der Waals surface area contributed by atoms with Crippen LogP contribution < -0.4 is 5.43 Å². The third-order valence-corrected chi connectivity index (χ3v) is 2.20. The number of hydrogen-bond acceptors (Lipinski definition) is 4. The van der Waals surface area contributed by atoms with Crippen LogP contribution in [0.5, 0.6) is 0 Å². The van der Waals surface area contributed by atoms with Crippen molar-refractivity contribution < 1.29 is 14.6 Å².